The maximum atomic E-state index is 9.27. The van der Waals surface area contributed by atoms with Crippen LogP contribution in [-0.4, -0.2) is 0 Å². The van der Waals surface area contributed by atoms with Crippen molar-refractivity contribution in [1.82, 2.24) is 0 Å². The van der Waals surface area contributed by atoms with Gasteiger partial charge in [0.25, 0.3) is 0 Å². The van der Waals surface area contributed by atoms with Crippen LogP contribution in [-0.2, 0) is 6.42 Å². The highest BCUT2D eigenvalue weighted by Gasteiger charge is 2.27. The molecule has 0 N–H and O–H groups in total. The molecule has 2 atom stereocenters. The lowest BCUT2D eigenvalue weighted by Gasteiger charge is -2.28. The zero-order valence-electron chi connectivity index (χ0n) is 9.89. The minimum Gasteiger partial charge on any atom is -0.198 e. The molecule has 2 unspecified atom stereocenters. The SMILES string of the molecule is N#CCCC(C#N)C1CCCc2ccccc21. The van der Waals surface area contributed by atoms with Crippen molar-refractivity contribution in [3.8, 4) is 12.1 Å². The molecule has 0 saturated heterocycles. The number of hydrogen-bond acceptors (Lipinski definition) is 2. The molecule has 1 aromatic carbocycles. The molecule has 1 aliphatic carbocycles. The van der Waals surface area contributed by atoms with Crippen molar-refractivity contribution in [1.29, 1.82) is 10.5 Å². The first-order valence-electron chi connectivity index (χ1n) is 6.21. The van der Waals surface area contributed by atoms with Gasteiger partial charge in [-0.05, 0) is 36.8 Å². The molecule has 17 heavy (non-hydrogen) atoms. The number of hydrogen-bond donors (Lipinski definition) is 0. The molecule has 2 nitrogen and oxygen atoms in total. The first kappa shape index (κ1) is 11.7. The van der Waals surface area contributed by atoms with Gasteiger partial charge in [-0.2, -0.15) is 10.5 Å². The van der Waals surface area contributed by atoms with Gasteiger partial charge in [0.2, 0.25) is 0 Å². The minimum atomic E-state index is -0.00361. The molecule has 0 bridgehead atoms. The Hall–Kier alpha value is -1.80. The normalized spacial score (nSPS) is 19.8. The summed E-state index contributed by atoms with van der Waals surface area (Å²) in [5.41, 5.74) is 2.73. The third kappa shape index (κ3) is 2.48. The van der Waals surface area contributed by atoms with E-state index in [4.69, 9.17) is 5.26 Å². The number of nitriles is 2. The van der Waals surface area contributed by atoms with Crippen LogP contribution in [0.25, 0.3) is 0 Å². The van der Waals surface area contributed by atoms with E-state index in [1.54, 1.807) is 0 Å². The van der Waals surface area contributed by atoms with Crippen molar-refractivity contribution >= 4 is 0 Å². The quantitative estimate of drug-likeness (QED) is 0.788. The largest absolute Gasteiger partial charge is 0.198 e. The first-order chi connectivity index (χ1) is 8.36. The number of fused-ring (bicyclic) bond motifs is 1. The summed E-state index contributed by atoms with van der Waals surface area (Å²) >= 11 is 0. The van der Waals surface area contributed by atoms with Gasteiger partial charge in [-0.3, -0.25) is 0 Å². The molecular weight excluding hydrogens is 208 g/mol. The van der Waals surface area contributed by atoms with Crippen LogP contribution in [0.2, 0.25) is 0 Å². The molecule has 0 heterocycles. The molecule has 0 saturated carbocycles. The Kier molecular flexibility index (Phi) is 3.78. The summed E-state index contributed by atoms with van der Waals surface area (Å²) in [6.07, 6.45) is 4.55. The molecule has 2 heteroatoms. The second-order valence-electron chi connectivity index (χ2n) is 4.63. The average molecular weight is 224 g/mol. The Bertz CT molecular complexity index is 465. The molecule has 0 aliphatic heterocycles. The summed E-state index contributed by atoms with van der Waals surface area (Å²) in [5.74, 6) is 0.328. The monoisotopic (exact) mass is 224 g/mol. The van der Waals surface area contributed by atoms with Crippen molar-refractivity contribution < 1.29 is 0 Å². The van der Waals surface area contributed by atoms with Crippen molar-refractivity contribution in [2.45, 2.75) is 38.0 Å². The van der Waals surface area contributed by atoms with Crippen LogP contribution in [0.5, 0.6) is 0 Å². The van der Waals surface area contributed by atoms with E-state index in [1.165, 1.54) is 11.1 Å². The van der Waals surface area contributed by atoms with Crippen LogP contribution in [0.3, 0.4) is 0 Å². The van der Waals surface area contributed by atoms with E-state index in [9.17, 15) is 5.26 Å². The lowest BCUT2D eigenvalue weighted by molar-refractivity contribution is 0.430. The summed E-state index contributed by atoms with van der Waals surface area (Å²) in [5, 5.41) is 17.9. The second kappa shape index (κ2) is 5.51. The smallest absolute Gasteiger partial charge is 0.0662 e. The van der Waals surface area contributed by atoms with Crippen molar-refractivity contribution in [3.63, 3.8) is 0 Å². The summed E-state index contributed by atoms with van der Waals surface area (Å²) in [4.78, 5) is 0. The molecule has 0 radical (unpaired) electrons. The van der Waals surface area contributed by atoms with Gasteiger partial charge in [-0.25, -0.2) is 0 Å². The fraction of sp³-hybridized carbons (Fsp3) is 0.467. The Labute approximate surface area is 102 Å². The molecule has 86 valence electrons. The number of nitrogens with zero attached hydrogens (tertiary/aromatic N) is 2. The van der Waals surface area contributed by atoms with E-state index < -0.39 is 0 Å². The minimum absolute atomic E-state index is 0.00361. The van der Waals surface area contributed by atoms with E-state index in [2.05, 4.69) is 36.4 Å². The maximum Gasteiger partial charge on any atom is 0.0662 e. The lowest BCUT2D eigenvalue weighted by Crippen LogP contribution is -2.17. The predicted octanol–water partition coefficient (Wildman–Crippen LogP) is 3.55. The van der Waals surface area contributed by atoms with Gasteiger partial charge >= 0.3 is 0 Å². The molecule has 0 fully saturated rings. The van der Waals surface area contributed by atoms with Crippen LogP contribution in [0.4, 0.5) is 0 Å². The average Bonchev–Trinajstić information content (AvgIpc) is 2.40. The third-order valence-electron chi connectivity index (χ3n) is 3.63. The van der Waals surface area contributed by atoms with Crippen molar-refractivity contribution in [3.05, 3.63) is 35.4 Å². The number of aryl methyl sites for hydroxylation is 1. The standard InChI is InChI=1S/C15H16N2/c16-10-4-7-13(11-17)15-9-3-6-12-5-1-2-8-14(12)15/h1-2,5,8,13,15H,3-4,6-7,9H2. The van der Waals surface area contributed by atoms with Crippen LogP contribution in [0.1, 0.15) is 42.7 Å². The van der Waals surface area contributed by atoms with Crippen LogP contribution < -0.4 is 0 Å². The van der Waals surface area contributed by atoms with Gasteiger partial charge in [0.1, 0.15) is 0 Å². The van der Waals surface area contributed by atoms with E-state index in [0.29, 0.717) is 18.8 Å². The molecule has 2 rings (SSSR count). The molecule has 0 amide bonds. The molecule has 1 aliphatic rings. The highest BCUT2D eigenvalue weighted by molar-refractivity contribution is 5.34. The lowest BCUT2D eigenvalue weighted by atomic mass is 9.75. The highest BCUT2D eigenvalue weighted by atomic mass is 14.4. The topological polar surface area (TPSA) is 47.6 Å². The fourth-order valence-electron chi connectivity index (χ4n) is 2.79. The maximum absolute atomic E-state index is 9.27. The molecule has 1 aromatic rings. The van der Waals surface area contributed by atoms with Gasteiger partial charge in [-0.15, -0.1) is 0 Å². The van der Waals surface area contributed by atoms with Gasteiger partial charge in [0.05, 0.1) is 18.1 Å². The zero-order chi connectivity index (χ0) is 12.1. The number of benzene rings is 1. The van der Waals surface area contributed by atoms with E-state index in [1.807, 2.05) is 0 Å². The second-order valence-corrected chi connectivity index (χ2v) is 4.63. The Morgan fingerprint density at radius 1 is 1.29 bits per heavy atom. The van der Waals surface area contributed by atoms with Crippen LogP contribution in [0, 0.1) is 28.6 Å². The Balaban J connectivity index is 2.23. The van der Waals surface area contributed by atoms with Gasteiger partial charge in [-0.1, -0.05) is 24.3 Å². The third-order valence-corrected chi connectivity index (χ3v) is 3.63. The summed E-state index contributed by atoms with van der Waals surface area (Å²) < 4.78 is 0. The summed E-state index contributed by atoms with van der Waals surface area (Å²) in [7, 11) is 0. The van der Waals surface area contributed by atoms with Gasteiger partial charge in [0, 0.05) is 12.3 Å². The highest BCUT2D eigenvalue weighted by Crippen LogP contribution is 2.38. The van der Waals surface area contributed by atoms with Crippen LogP contribution in [0.15, 0.2) is 24.3 Å². The van der Waals surface area contributed by atoms with Crippen molar-refractivity contribution in [2.24, 2.45) is 5.92 Å². The van der Waals surface area contributed by atoms with E-state index in [0.717, 1.165) is 19.3 Å². The van der Waals surface area contributed by atoms with Crippen molar-refractivity contribution in [2.75, 3.05) is 0 Å². The van der Waals surface area contributed by atoms with Gasteiger partial charge < -0.3 is 0 Å². The molecular formula is C15H16N2. The molecule has 0 spiro atoms. The van der Waals surface area contributed by atoms with Gasteiger partial charge in [0.15, 0.2) is 0 Å². The first-order valence-corrected chi connectivity index (χ1v) is 6.21. The zero-order valence-corrected chi connectivity index (χ0v) is 9.89. The van der Waals surface area contributed by atoms with Crippen LogP contribution >= 0.6 is 0 Å². The van der Waals surface area contributed by atoms with E-state index >= 15 is 0 Å². The Morgan fingerprint density at radius 3 is 2.88 bits per heavy atom. The van der Waals surface area contributed by atoms with E-state index in [-0.39, 0.29) is 5.92 Å². The predicted molar refractivity (Wildman–Crippen MR) is 66.1 cm³/mol. The summed E-state index contributed by atoms with van der Waals surface area (Å²) in [6, 6.07) is 13.0. The number of rotatable bonds is 3. The molecule has 0 aromatic heterocycles. The Morgan fingerprint density at radius 2 is 2.12 bits per heavy atom. The fourth-order valence-corrected chi connectivity index (χ4v) is 2.79. The summed E-state index contributed by atoms with van der Waals surface area (Å²) in [6.45, 7) is 0.